The smallest absolute Gasteiger partial charge is 0.222 e. The number of fused-ring (bicyclic) bond motifs is 1. The number of nitrogens with zero attached hydrogens (tertiary/aromatic N) is 2. The van der Waals surface area contributed by atoms with E-state index in [-0.39, 0.29) is 5.92 Å². The number of aromatic nitrogens is 2. The van der Waals surface area contributed by atoms with Crippen LogP contribution < -0.4 is 4.74 Å². The summed E-state index contributed by atoms with van der Waals surface area (Å²) in [5.41, 5.74) is -0.101. The molecule has 1 N–H and O–H groups in total. The molecule has 24 heavy (non-hydrogen) atoms. The van der Waals surface area contributed by atoms with Crippen molar-refractivity contribution in [2.45, 2.75) is 44.0 Å². The molecule has 0 saturated heterocycles. The van der Waals surface area contributed by atoms with Crippen molar-refractivity contribution in [1.82, 2.24) is 9.97 Å². The second-order valence-corrected chi connectivity index (χ2v) is 8.30. The van der Waals surface area contributed by atoms with Gasteiger partial charge in [-0.3, -0.25) is 0 Å². The summed E-state index contributed by atoms with van der Waals surface area (Å²) in [6, 6.07) is 1.79. The Morgan fingerprint density at radius 3 is 2.79 bits per heavy atom. The van der Waals surface area contributed by atoms with Crippen LogP contribution >= 0.6 is 23.4 Å². The molecule has 1 aliphatic rings. The van der Waals surface area contributed by atoms with E-state index in [4.69, 9.17) is 16.3 Å². The minimum atomic E-state index is -0.901. The second-order valence-electron chi connectivity index (χ2n) is 6.63. The molecule has 2 atom stereocenters. The molecule has 0 amide bonds. The number of halogens is 1. The fourth-order valence-electron chi connectivity index (χ4n) is 2.91. The Kier molecular flexibility index (Phi) is 5.23. The lowest BCUT2D eigenvalue weighted by atomic mass is 9.89. The summed E-state index contributed by atoms with van der Waals surface area (Å²) >= 11 is 7.91. The van der Waals surface area contributed by atoms with Gasteiger partial charge in [0, 0.05) is 23.2 Å². The summed E-state index contributed by atoms with van der Waals surface area (Å²) < 4.78 is 5.89. The van der Waals surface area contributed by atoms with E-state index in [1.165, 1.54) is 0 Å². The Morgan fingerprint density at radius 2 is 2.12 bits per heavy atom. The average molecular weight is 367 g/mol. The minimum absolute atomic E-state index is 0.281. The SMILES string of the molecule is CSC(C)CCOc1ncc(C(C)(O)C2CC2)c2cc(Cl)ncc12. The predicted molar refractivity (Wildman–Crippen MR) is 99.9 cm³/mol. The van der Waals surface area contributed by atoms with Gasteiger partial charge < -0.3 is 9.84 Å². The van der Waals surface area contributed by atoms with Crippen LogP contribution in [0, 0.1) is 5.92 Å². The molecule has 0 radical (unpaired) electrons. The van der Waals surface area contributed by atoms with E-state index >= 15 is 0 Å². The molecule has 4 nitrogen and oxygen atoms in total. The molecule has 0 aromatic carbocycles. The Bertz CT molecular complexity index is 734. The highest BCUT2D eigenvalue weighted by molar-refractivity contribution is 7.99. The van der Waals surface area contributed by atoms with Crippen molar-refractivity contribution < 1.29 is 9.84 Å². The number of hydrogen-bond donors (Lipinski definition) is 1. The highest BCUT2D eigenvalue weighted by Crippen LogP contribution is 2.47. The van der Waals surface area contributed by atoms with Gasteiger partial charge in [0.2, 0.25) is 5.88 Å². The highest BCUT2D eigenvalue weighted by atomic mass is 35.5. The molecule has 2 unspecified atom stereocenters. The predicted octanol–water partition coefficient (Wildman–Crippen LogP) is 4.42. The molecule has 1 saturated carbocycles. The lowest BCUT2D eigenvalue weighted by Crippen LogP contribution is -2.24. The normalized spacial score (nSPS) is 18.4. The van der Waals surface area contributed by atoms with Crippen LogP contribution in [0.25, 0.3) is 10.8 Å². The molecule has 0 bridgehead atoms. The Balaban J connectivity index is 1.95. The molecule has 0 spiro atoms. The molecule has 2 aromatic heterocycles. The zero-order valence-electron chi connectivity index (χ0n) is 14.3. The molecule has 2 aromatic rings. The maximum Gasteiger partial charge on any atom is 0.222 e. The van der Waals surface area contributed by atoms with Gasteiger partial charge in [0.1, 0.15) is 5.15 Å². The van der Waals surface area contributed by atoms with E-state index in [1.807, 2.05) is 18.7 Å². The monoisotopic (exact) mass is 366 g/mol. The van der Waals surface area contributed by atoms with Gasteiger partial charge in [0.05, 0.1) is 17.6 Å². The molecule has 2 heterocycles. The van der Waals surface area contributed by atoms with Crippen LogP contribution in [0.2, 0.25) is 5.15 Å². The largest absolute Gasteiger partial charge is 0.477 e. The Labute approximate surface area is 152 Å². The van der Waals surface area contributed by atoms with Crippen LogP contribution in [0.5, 0.6) is 5.88 Å². The van der Waals surface area contributed by atoms with Crippen molar-refractivity contribution in [2.75, 3.05) is 12.9 Å². The van der Waals surface area contributed by atoms with E-state index < -0.39 is 5.60 Å². The average Bonchev–Trinajstić information content (AvgIpc) is 3.39. The van der Waals surface area contributed by atoms with Crippen molar-refractivity contribution in [3.63, 3.8) is 0 Å². The summed E-state index contributed by atoms with van der Waals surface area (Å²) in [4.78, 5) is 8.63. The van der Waals surface area contributed by atoms with Crippen LogP contribution in [0.4, 0.5) is 0 Å². The van der Waals surface area contributed by atoms with Crippen molar-refractivity contribution in [3.8, 4) is 5.88 Å². The van der Waals surface area contributed by atoms with E-state index in [1.54, 1.807) is 18.5 Å². The quantitative estimate of drug-likeness (QED) is 0.735. The second kappa shape index (κ2) is 7.06. The van der Waals surface area contributed by atoms with E-state index in [0.717, 1.165) is 35.6 Å². The first kappa shape index (κ1) is 17.8. The van der Waals surface area contributed by atoms with Crippen LogP contribution in [0.1, 0.15) is 38.7 Å². The number of aliphatic hydroxyl groups is 1. The number of rotatable bonds is 7. The molecular weight excluding hydrogens is 344 g/mol. The van der Waals surface area contributed by atoms with Crippen LogP contribution in [-0.2, 0) is 5.60 Å². The standard InChI is InChI=1S/C18H23ClN2O2S/c1-11(24-3)6-7-23-17-14-9-20-16(19)8-13(14)15(10-21-17)18(2,22)12-4-5-12/h8-12,22H,4-7H2,1-3H3. The van der Waals surface area contributed by atoms with Crippen LogP contribution in [-0.4, -0.2) is 33.2 Å². The Morgan fingerprint density at radius 1 is 1.38 bits per heavy atom. The van der Waals surface area contributed by atoms with Crippen molar-refractivity contribution in [2.24, 2.45) is 5.92 Å². The highest BCUT2D eigenvalue weighted by Gasteiger charge is 2.42. The van der Waals surface area contributed by atoms with Gasteiger partial charge in [0.25, 0.3) is 0 Å². The fourth-order valence-corrected chi connectivity index (χ4v) is 3.40. The first-order chi connectivity index (χ1) is 11.4. The summed E-state index contributed by atoms with van der Waals surface area (Å²) in [6.07, 6.45) is 8.54. The summed E-state index contributed by atoms with van der Waals surface area (Å²) in [5.74, 6) is 0.835. The Hall–Kier alpha value is -1.04. The van der Waals surface area contributed by atoms with Gasteiger partial charge in [-0.15, -0.1) is 0 Å². The number of hydrogen-bond acceptors (Lipinski definition) is 5. The third kappa shape index (κ3) is 3.63. The van der Waals surface area contributed by atoms with Crippen molar-refractivity contribution in [3.05, 3.63) is 29.2 Å². The first-order valence-electron chi connectivity index (χ1n) is 8.26. The van der Waals surface area contributed by atoms with Gasteiger partial charge in [-0.1, -0.05) is 18.5 Å². The molecule has 1 fully saturated rings. The van der Waals surface area contributed by atoms with E-state index in [0.29, 0.717) is 22.9 Å². The summed E-state index contributed by atoms with van der Waals surface area (Å²) in [5, 5.41) is 13.6. The van der Waals surface area contributed by atoms with Crippen LogP contribution in [0.15, 0.2) is 18.5 Å². The minimum Gasteiger partial charge on any atom is -0.477 e. The van der Waals surface area contributed by atoms with E-state index in [9.17, 15) is 5.11 Å². The number of pyridine rings is 2. The molecule has 0 aliphatic heterocycles. The van der Waals surface area contributed by atoms with E-state index in [2.05, 4.69) is 23.1 Å². The van der Waals surface area contributed by atoms with Gasteiger partial charge >= 0.3 is 0 Å². The molecule has 1 aliphatic carbocycles. The van der Waals surface area contributed by atoms with Gasteiger partial charge in [-0.25, -0.2) is 9.97 Å². The number of thioether (sulfide) groups is 1. The van der Waals surface area contributed by atoms with Gasteiger partial charge in [0.15, 0.2) is 0 Å². The van der Waals surface area contributed by atoms with Crippen molar-refractivity contribution >= 4 is 34.1 Å². The summed E-state index contributed by atoms with van der Waals surface area (Å²) in [6.45, 7) is 4.64. The molecule has 6 heteroatoms. The van der Waals surface area contributed by atoms with Gasteiger partial charge in [-0.05, 0) is 49.8 Å². The third-order valence-corrected chi connectivity index (χ3v) is 6.03. The lowest BCUT2D eigenvalue weighted by Gasteiger charge is -2.25. The maximum absolute atomic E-state index is 10.9. The zero-order chi connectivity index (χ0) is 17.3. The maximum atomic E-state index is 10.9. The van der Waals surface area contributed by atoms with Crippen LogP contribution in [0.3, 0.4) is 0 Å². The molecular formula is C18H23ClN2O2S. The first-order valence-corrected chi connectivity index (χ1v) is 9.92. The summed E-state index contributed by atoms with van der Waals surface area (Å²) in [7, 11) is 0. The fraction of sp³-hybridized carbons (Fsp3) is 0.556. The number of ether oxygens (including phenoxy) is 1. The topological polar surface area (TPSA) is 55.2 Å². The molecule has 130 valence electrons. The lowest BCUT2D eigenvalue weighted by molar-refractivity contribution is 0.0342. The zero-order valence-corrected chi connectivity index (χ0v) is 15.8. The van der Waals surface area contributed by atoms with Crippen molar-refractivity contribution in [1.29, 1.82) is 0 Å². The third-order valence-electron chi connectivity index (χ3n) is 4.79. The van der Waals surface area contributed by atoms with Gasteiger partial charge in [-0.2, -0.15) is 11.8 Å². The molecule has 3 rings (SSSR count).